The number of hydrogen-bond donors (Lipinski definition) is 1. The third kappa shape index (κ3) is 8.02. The van der Waals surface area contributed by atoms with Crippen LogP contribution < -0.4 is 10.2 Å². The Hall–Kier alpha value is -2.64. The Balaban J connectivity index is 1.64. The van der Waals surface area contributed by atoms with Gasteiger partial charge >= 0.3 is 0 Å². The van der Waals surface area contributed by atoms with Gasteiger partial charge in [0.2, 0.25) is 5.95 Å². The Kier molecular flexibility index (Phi) is 9.51. The largest absolute Gasteiger partial charge is 0.340 e. The first-order valence-electron chi connectivity index (χ1n) is 11.6. The quantitative estimate of drug-likeness (QED) is 0.397. The van der Waals surface area contributed by atoms with Gasteiger partial charge in [0.25, 0.3) is 0 Å². The maximum Gasteiger partial charge on any atom is 0.227 e. The van der Waals surface area contributed by atoms with Crippen molar-refractivity contribution in [1.82, 2.24) is 14.3 Å². The van der Waals surface area contributed by atoms with Crippen molar-refractivity contribution in [2.24, 2.45) is 0 Å². The second kappa shape index (κ2) is 12.6. The Morgan fingerprint density at radius 3 is 2.55 bits per heavy atom. The van der Waals surface area contributed by atoms with Crippen LogP contribution in [0.2, 0.25) is 0 Å². The monoisotopic (exact) mass is 467 g/mol. The van der Waals surface area contributed by atoms with E-state index < -0.39 is 0 Å². The van der Waals surface area contributed by atoms with Gasteiger partial charge in [0.05, 0.1) is 0 Å². The maximum absolute atomic E-state index is 13.5. The van der Waals surface area contributed by atoms with Crippen LogP contribution in [0.25, 0.3) is 0 Å². The van der Waals surface area contributed by atoms with E-state index in [4.69, 9.17) is 4.98 Å². The van der Waals surface area contributed by atoms with Crippen molar-refractivity contribution in [2.45, 2.75) is 40.5 Å². The van der Waals surface area contributed by atoms with Crippen LogP contribution in [0.3, 0.4) is 0 Å². The Labute approximate surface area is 201 Å². The zero-order valence-corrected chi connectivity index (χ0v) is 20.8. The number of likely N-dealkylation sites (N-methyl/N-ethyl adjacent to an activating group) is 2. The summed E-state index contributed by atoms with van der Waals surface area (Å²) in [4.78, 5) is 12.9. The highest BCUT2D eigenvalue weighted by Crippen LogP contribution is 2.25. The first kappa shape index (κ1) is 25.0. The van der Waals surface area contributed by atoms with Gasteiger partial charge in [-0.15, -0.1) is 0 Å². The summed E-state index contributed by atoms with van der Waals surface area (Å²) in [5, 5.41) is 3.30. The van der Waals surface area contributed by atoms with Crippen LogP contribution in [-0.2, 0) is 0 Å². The number of aromatic nitrogens is 2. The van der Waals surface area contributed by atoms with Gasteiger partial charge in [-0.25, -0.2) is 13.7 Å². The third-order valence-electron chi connectivity index (χ3n) is 5.33. The fourth-order valence-electron chi connectivity index (χ4n) is 3.43. The number of halogens is 1. The molecule has 1 N–H and O–H groups in total. The Bertz CT molecular complexity index is 1010. The van der Waals surface area contributed by atoms with Crippen LogP contribution in [-0.4, -0.2) is 40.5 Å². The molecule has 0 aliphatic heterocycles. The third-order valence-corrected chi connectivity index (χ3v) is 6.54. The fourth-order valence-corrected chi connectivity index (χ4v) is 4.33. The van der Waals surface area contributed by atoms with Crippen LogP contribution in [0.15, 0.2) is 76.7 Å². The van der Waals surface area contributed by atoms with Crippen molar-refractivity contribution in [3.05, 3.63) is 82.4 Å². The highest BCUT2D eigenvalue weighted by molar-refractivity contribution is 8.01. The SMILES string of the molecule is CCN(CCN(CC)c1nc(C)cc(NC2=CCC=C(F)C=C2)n1)SC1=CCC=C(C)C=C1. The summed E-state index contributed by atoms with van der Waals surface area (Å²) in [6, 6.07) is 1.91. The lowest BCUT2D eigenvalue weighted by atomic mass is 10.2. The number of nitrogens with one attached hydrogen (secondary N) is 1. The van der Waals surface area contributed by atoms with E-state index >= 15 is 0 Å². The molecule has 0 saturated carbocycles. The van der Waals surface area contributed by atoms with Crippen LogP contribution in [0.5, 0.6) is 0 Å². The second-order valence-electron chi connectivity index (χ2n) is 7.95. The topological polar surface area (TPSA) is 44.3 Å². The summed E-state index contributed by atoms with van der Waals surface area (Å²) in [5.74, 6) is 1.20. The van der Waals surface area contributed by atoms with Crippen LogP contribution in [0.1, 0.15) is 39.3 Å². The molecule has 2 aliphatic carbocycles. The second-order valence-corrected chi connectivity index (χ2v) is 9.12. The van der Waals surface area contributed by atoms with E-state index in [2.05, 4.69) is 64.6 Å². The average Bonchev–Trinajstić information content (AvgIpc) is 3.12. The molecule has 0 atom stereocenters. The van der Waals surface area contributed by atoms with E-state index in [0.29, 0.717) is 18.2 Å². The minimum absolute atomic E-state index is 0.223. The van der Waals surface area contributed by atoms with Gasteiger partial charge in [0, 0.05) is 48.5 Å². The molecule has 1 heterocycles. The molecular weight excluding hydrogens is 433 g/mol. The molecule has 0 spiro atoms. The number of anilines is 2. The summed E-state index contributed by atoms with van der Waals surface area (Å²) in [5.41, 5.74) is 3.02. The van der Waals surface area contributed by atoms with Crippen molar-refractivity contribution < 1.29 is 4.39 Å². The van der Waals surface area contributed by atoms with E-state index in [1.54, 1.807) is 24.1 Å². The number of nitrogens with zero attached hydrogens (tertiary/aromatic N) is 4. The van der Waals surface area contributed by atoms with Gasteiger partial charge in [-0.3, -0.25) is 0 Å². The smallest absolute Gasteiger partial charge is 0.227 e. The van der Waals surface area contributed by atoms with Crippen molar-refractivity contribution in [1.29, 1.82) is 0 Å². The van der Waals surface area contributed by atoms with Gasteiger partial charge in [-0.2, -0.15) is 4.98 Å². The number of allylic oxidation sites excluding steroid dienone is 10. The van der Waals surface area contributed by atoms with E-state index in [1.165, 1.54) is 16.6 Å². The summed E-state index contributed by atoms with van der Waals surface area (Å²) in [6.45, 7) is 11.9. The zero-order chi connectivity index (χ0) is 23.6. The molecule has 1 aromatic rings. The predicted octanol–water partition coefficient (Wildman–Crippen LogP) is 6.48. The predicted molar refractivity (Wildman–Crippen MR) is 140 cm³/mol. The van der Waals surface area contributed by atoms with Crippen molar-refractivity contribution in [2.75, 3.05) is 36.4 Å². The van der Waals surface area contributed by atoms with Gasteiger partial charge in [-0.05, 0) is 69.9 Å². The zero-order valence-electron chi connectivity index (χ0n) is 20.0. The van der Waals surface area contributed by atoms with Gasteiger partial charge in [-0.1, -0.05) is 36.8 Å². The van der Waals surface area contributed by atoms with Crippen LogP contribution >= 0.6 is 11.9 Å². The highest BCUT2D eigenvalue weighted by Gasteiger charge is 2.14. The number of rotatable bonds is 10. The molecule has 3 rings (SSSR count). The van der Waals surface area contributed by atoms with Gasteiger partial charge in [0.15, 0.2) is 0 Å². The van der Waals surface area contributed by atoms with Crippen molar-refractivity contribution in [3.63, 3.8) is 0 Å². The molecule has 0 aromatic carbocycles. The molecule has 0 unspecified atom stereocenters. The van der Waals surface area contributed by atoms with Gasteiger partial charge in [0.1, 0.15) is 11.6 Å². The average molecular weight is 468 g/mol. The van der Waals surface area contributed by atoms with E-state index in [-0.39, 0.29) is 5.83 Å². The molecule has 7 heteroatoms. The van der Waals surface area contributed by atoms with Crippen molar-refractivity contribution >= 4 is 23.7 Å². The van der Waals surface area contributed by atoms with Crippen LogP contribution in [0.4, 0.5) is 16.2 Å². The molecule has 5 nitrogen and oxygen atoms in total. The molecule has 176 valence electrons. The lowest BCUT2D eigenvalue weighted by Gasteiger charge is -2.26. The Morgan fingerprint density at radius 1 is 0.939 bits per heavy atom. The summed E-state index contributed by atoms with van der Waals surface area (Å²) in [6.07, 6.45) is 17.1. The van der Waals surface area contributed by atoms with E-state index in [9.17, 15) is 4.39 Å². The highest BCUT2D eigenvalue weighted by atomic mass is 32.2. The number of hydrogen-bond acceptors (Lipinski definition) is 6. The Morgan fingerprint density at radius 2 is 1.76 bits per heavy atom. The standard InChI is InChI=1S/C26H34FN5S/c1-5-31(17-18-32(6-2)33-24-12-7-9-20(3)13-16-24)26-28-21(4)19-25(30-26)29-23-11-8-10-22(27)14-15-23/h9-16,19H,5-8,17-18H2,1-4H3,(H,28,29,30). The van der Waals surface area contributed by atoms with Gasteiger partial charge < -0.3 is 10.2 Å². The molecule has 0 bridgehead atoms. The lowest BCUT2D eigenvalue weighted by molar-refractivity contribution is 0.497. The summed E-state index contributed by atoms with van der Waals surface area (Å²) in [7, 11) is 0. The van der Waals surface area contributed by atoms with Crippen LogP contribution in [0, 0.1) is 6.92 Å². The first-order valence-corrected chi connectivity index (χ1v) is 12.3. The minimum Gasteiger partial charge on any atom is -0.340 e. The molecule has 1 aromatic heterocycles. The summed E-state index contributed by atoms with van der Waals surface area (Å²) < 4.78 is 15.8. The van der Waals surface area contributed by atoms with E-state index in [0.717, 1.165) is 44.0 Å². The molecule has 0 fully saturated rings. The minimum atomic E-state index is -0.223. The molecule has 0 amide bonds. The number of aryl methyl sites for hydroxylation is 1. The fraction of sp³-hybridized carbons (Fsp3) is 0.385. The van der Waals surface area contributed by atoms with Crippen molar-refractivity contribution in [3.8, 4) is 0 Å². The molecule has 33 heavy (non-hydrogen) atoms. The molecule has 0 saturated heterocycles. The maximum atomic E-state index is 13.5. The summed E-state index contributed by atoms with van der Waals surface area (Å²) >= 11 is 1.80. The first-order chi connectivity index (χ1) is 16.0. The molecular formula is C26H34FN5S. The van der Waals surface area contributed by atoms with E-state index in [1.807, 2.05) is 19.1 Å². The lowest BCUT2D eigenvalue weighted by Crippen LogP contribution is -2.33. The molecule has 2 aliphatic rings. The molecule has 0 radical (unpaired) electrons. The normalized spacial score (nSPS) is 15.9.